The lowest BCUT2D eigenvalue weighted by atomic mass is 9.93. The van der Waals surface area contributed by atoms with Gasteiger partial charge in [-0.15, -0.1) is 11.3 Å². The van der Waals surface area contributed by atoms with Gasteiger partial charge in [0.15, 0.2) is 10.7 Å². The molecule has 13 nitrogen and oxygen atoms in total. The van der Waals surface area contributed by atoms with E-state index in [1.165, 1.54) is 16.2 Å². The van der Waals surface area contributed by atoms with E-state index in [0.29, 0.717) is 35.5 Å². The number of sulfonamides is 1. The fourth-order valence-corrected chi connectivity index (χ4v) is 9.08. The number of carbonyl (C=O) groups is 3. The molecule has 4 aliphatic rings. The van der Waals surface area contributed by atoms with E-state index in [4.69, 9.17) is 14.1 Å². The molecule has 4 heterocycles. The Hall–Kier alpha value is -3.98. The maximum absolute atomic E-state index is 14.5. The van der Waals surface area contributed by atoms with Crippen LogP contribution in [0.5, 0.6) is 6.08 Å². The molecule has 3 aromatic rings. The molecule has 50 heavy (non-hydrogen) atoms. The van der Waals surface area contributed by atoms with Gasteiger partial charge in [-0.1, -0.05) is 57.9 Å². The van der Waals surface area contributed by atoms with Crippen molar-refractivity contribution in [3.8, 4) is 6.08 Å². The highest BCUT2D eigenvalue weighted by Crippen LogP contribution is 2.46. The van der Waals surface area contributed by atoms with Gasteiger partial charge in [-0.3, -0.25) is 19.1 Å². The minimum atomic E-state index is -3.85. The molecule has 2 saturated carbocycles. The third kappa shape index (κ3) is 7.25. The minimum absolute atomic E-state index is 0.0347. The van der Waals surface area contributed by atoms with E-state index in [1.54, 1.807) is 12.1 Å². The SMILES string of the molecule is CC(C)(C)c1csc(N[C@H]2CCCCC/C=C\[C@@H]3C[C@@]3(C(=O)NS(=O)(=O)C3CC3)NC(=O)[C@@H]3C[C@@H](Oc4nc5ccccc5o4)CN3C2=O)n1. The van der Waals surface area contributed by atoms with Crippen LogP contribution in [0.25, 0.3) is 11.1 Å². The third-order valence-electron chi connectivity index (χ3n) is 9.95. The average Bonchev–Trinajstić information content (AvgIpc) is 3.86. The zero-order chi connectivity index (χ0) is 35.3. The summed E-state index contributed by atoms with van der Waals surface area (Å²) in [7, 11) is -3.85. The molecule has 0 radical (unpaired) electrons. The van der Waals surface area contributed by atoms with Crippen LogP contribution in [-0.4, -0.2) is 76.5 Å². The van der Waals surface area contributed by atoms with Crippen molar-refractivity contribution >= 4 is 55.3 Å². The summed E-state index contributed by atoms with van der Waals surface area (Å²) in [6, 6.07) is 5.58. The first-order valence-corrected chi connectivity index (χ1v) is 19.8. The highest BCUT2D eigenvalue weighted by molar-refractivity contribution is 7.91. The van der Waals surface area contributed by atoms with Crippen LogP contribution in [0.2, 0.25) is 0 Å². The van der Waals surface area contributed by atoms with Crippen LogP contribution in [-0.2, 0) is 29.8 Å². The van der Waals surface area contributed by atoms with Crippen molar-refractivity contribution in [2.75, 3.05) is 11.9 Å². The molecule has 0 spiro atoms. The Balaban J connectivity index is 1.18. The molecule has 0 unspecified atom stereocenters. The fourth-order valence-electron chi connectivity index (χ4n) is 6.72. The molecule has 3 amide bonds. The van der Waals surface area contributed by atoms with Gasteiger partial charge in [0.25, 0.3) is 5.91 Å². The number of oxazole rings is 1. The number of carbonyl (C=O) groups excluding carboxylic acids is 3. The predicted molar refractivity (Wildman–Crippen MR) is 188 cm³/mol. The molecule has 2 aliphatic carbocycles. The lowest BCUT2D eigenvalue weighted by molar-refractivity contribution is -0.140. The standard InChI is InChI=1S/C35H44N6O7S2/c1-34(2,3)28-20-49-32(38-28)36-25-13-8-6-4-5-7-11-21-18-35(21,31(44)40-50(45,46)23-15-16-23)39-29(42)26-17-22(19-41(26)30(25)43)47-33-37-24-12-9-10-14-27(24)48-33/h7,9-12,14,20-23,25-26H,4-6,8,13,15-19H2,1-3H3,(H,36,38)(H,39,42)(H,40,44)/b11-7-/t21-,22-,25+,26+,35-/m1/s1. The van der Waals surface area contributed by atoms with Crippen molar-refractivity contribution < 1.29 is 32.0 Å². The van der Waals surface area contributed by atoms with E-state index >= 15 is 0 Å². The van der Waals surface area contributed by atoms with Crippen molar-refractivity contribution in [1.29, 1.82) is 0 Å². The summed E-state index contributed by atoms with van der Waals surface area (Å²) in [5, 5.41) is 8.31. The third-order valence-corrected chi connectivity index (χ3v) is 12.5. The molecule has 3 fully saturated rings. The Bertz CT molecular complexity index is 1880. The number of hydrogen-bond donors (Lipinski definition) is 3. The first-order valence-electron chi connectivity index (χ1n) is 17.4. The van der Waals surface area contributed by atoms with Gasteiger partial charge in [-0.25, -0.2) is 13.4 Å². The van der Waals surface area contributed by atoms with Crippen LogP contribution in [0.15, 0.2) is 46.2 Å². The summed E-state index contributed by atoms with van der Waals surface area (Å²) in [6.45, 7) is 6.33. The van der Waals surface area contributed by atoms with Crippen LogP contribution < -0.4 is 20.1 Å². The summed E-state index contributed by atoms with van der Waals surface area (Å²) in [6.07, 6.45) is 8.50. The molecular formula is C35H44N6O7S2. The fraction of sp³-hybridized carbons (Fsp3) is 0.571. The summed E-state index contributed by atoms with van der Waals surface area (Å²) in [5.41, 5.74) is 0.481. The van der Waals surface area contributed by atoms with Gasteiger partial charge in [-0.2, -0.15) is 4.98 Å². The van der Waals surface area contributed by atoms with Crippen LogP contribution in [0.4, 0.5) is 5.13 Å². The lowest BCUT2D eigenvalue weighted by Crippen LogP contribution is -2.57. The number of para-hydroxylation sites is 2. The average molecular weight is 725 g/mol. The number of anilines is 1. The van der Waals surface area contributed by atoms with Crippen molar-refractivity contribution in [3.05, 3.63) is 47.5 Å². The monoisotopic (exact) mass is 724 g/mol. The molecule has 3 N–H and O–H groups in total. The number of allylic oxidation sites excluding steroid dienone is 1. The largest absolute Gasteiger partial charge is 0.445 e. The number of amides is 3. The van der Waals surface area contributed by atoms with Gasteiger partial charge >= 0.3 is 6.08 Å². The normalized spacial score (nSPS) is 28.5. The second kappa shape index (κ2) is 13.3. The molecule has 15 heteroatoms. The summed E-state index contributed by atoms with van der Waals surface area (Å²) in [4.78, 5) is 53.1. The number of hydrogen-bond acceptors (Lipinski definition) is 11. The molecule has 5 atom stereocenters. The number of fused-ring (bicyclic) bond motifs is 3. The Morgan fingerprint density at radius 1 is 1.12 bits per heavy atom. The second-order valence-electron chi connectivity index (χ2n) is 14.9. The molecule has 1 saturated heterocycles. The van der Waals surface area contributed by atoms with E-state index in [9.17, 15) is 22.8 Å². The highest BCUT2D eigenvalue weighted by Gasteiger charge is 2.62. The van der Waals surface area contributed by atoms with Crippen LogP contribution in [0, 0.1) is 5.92 Å². The number of nitrogens with one attached hydrogen (secondary N) is 3. The first kappa shape index (κ1) is 34.5. The Labute approximate surface area is 295 Å². The van der Waals surface area contributed by atoms with Gasteiger partial charge < -0.3 is 24.7 Å². The van der Waals surface area contributed by atoms with Gasteiger partial charge in [0.05, 0.1) is 17.5 Å². The van der Waals surface area contributed by atoms with Crippen molar-refractivity contribution in [3.63, 3.8) is 0 Å². The molecule has 2 aromatic heterocycles. The minimum Gasteiger partial charge on any atom is -0.445 e. The lowest BCUT2D eigenvalue weighted by Gasteiger charge is -2.29. The zero-order valence-corrected chi connectivity index (χ0v) is 30.1. The quantitative estimate of drug-likeness (QED) is 0.296. The van der Waals surface area contributed by atoms with E-state index in [2.05, 4.69) is 41.1 Å². The van der Waals surface area contributed by atoms with Crippen LogP contribution in [0.3, 0.4) is 0 Å². The van der Waals surface area contributed by atoms with Gasteiger partial charge in [0.2, 0.25) is 21.8 Å². The topological polar surface area (TPSA) is 173 Å². The summed E-state index contributed by atoms with van der Waals surface area (Å²) >= 11 is 1.44. The molecule has 0 bridgehead atoms. The summed E-state index contributed by atoms with van der Waals surface area (Å²) in [5.74, 6) is -1.95. The number of thiazole rings is 1. The van der Waals surface area contributed by atoms with Gasteiger partial charge in [-0.05, 0) is 50.7 Å². The van der Waals surface area contributed by atoms with Crippen LogP contribution in [0.1, 0.15) is 84.3 Å². The molecule has 7 rings (SSSR count). The molecular weight excluding hydrogens is 681 g/mol. The van der Waals surface area contributed by atoms with E-state index in [0.717, 1.165) is 31.4 Å². The number of benzene rings is 1. The predicted octanol–water partition coefficient (Wildman–Crippen LogP) is 4.41. The van der Waals surface area contributed by atoms with Crippen molar-refractivity contribution in [2.24, 2.45) is 5.92 Å². The maximum atomic E-state index is 14.5. The molecule has 2 aliphatic heterocycles. The zero-order valence-electron chi connectivity index (χ0n) is 28.5. The Morgan fingerprint density at radius 2 is 1.92 bits per heavy atom. The first-order chi connectivity index (χ1) is 23.8. The smallest absolute Gasteiger partial charge is 0.394 e. The number of nitrogens with zero attached hydrogens (tertiary/aromatic N) is 3. The van der Waals surface area contributed by atoms with Gasteiger partial charge in [0.1, 0.15) is 29.2 Å². The Morgan fingerprint density at radius 3 is 2.66 bits per heavy atom. The number of rotatable bonds is 7. The Kier molecular flexibility index (Phi) is 9.16. The number of ether oxygens (including phenoxy) is 1. The molecule has 268 valence electrons. The van der Waals surface area contributed by atoms with E-state index in [1.807, 2.05) is 29.7 Å². The second-order valence-corrected chi connectivity index (χ2v) is 17.7. The van der Waals surface area contributed by atoms with Crippen molar-refractivity contribution in [2.45, 2.75) is 113 Å². The van der Waals surface area contributed by atoms with Crippen molar-refractivity contribution in [1.82, 2.24) is 24.9 Å². The molecule has 1 aromatic carbocycles. The van der Waals surface area contributed by atoms with Crippen LogP contribution >= 0.6 is 11.3 Å². The number of aromatic nitrogens is 2. The summed E-state index contributed by atoms with van der Waals surface area (Å²) < 4.78 is 39.8. The van der Waals surface area contributed by atoms with Gasteiger partial charge in [0, 0.05) is 23.1 Å². The highest BCUT2D eigenvalue weighted by atomic mass is 32.2. The van der Waals surface area contributed by atoms with E-state index < -0.39 is 50.8 Å². The maximum Gasteiger partial charge on any atom is 0.394 e. The van der Waals surface area contributed by atoms with E-state index in [-0.39, 0.29) is 42.7 Å².